The van der Waals surface area contributed by atoms with E-state index in [4.69, 9.17) is 0 Å². The van der Waals surface area contributed by atoms with Crippen molar-refractivity contribution in [3.63, 3.8) is 0 Å². The molecule has 118 valence electrons. The van der Waals surface area contributed by atoms with Crippen molar-refractivity contribution in [2.24, 2.45) is 5.92 Å². The van der Waals surface area contributed by atoms with Gasteiger partial charge in [0, 0.05) is 38.1 Å². The molecule has 1 saturated heterocycles. The zero-order valence-corrected chi connectivity index (χ0v) is 11.9. The van der Waals surface area contributed by atoms with E-state index in [2.05, 4.69) is 15.9 Å². The van der Waals surface area contributed by atoms with Gasteiger partial charge in [-0.1, -0.05) is 15.9 Å². The van der Waals surface area contributed by atoms with Crippen LogP contribution in [-0.2, 0) is 4.79 Å². The maximum absolute atomic E-state index is 12.4. The molecule has 0 aromatic heterocycles. The summed E-state index contributed by atoms with van der Waals surface area (Å²) in [5.41, 5.74) is 0. The molecule has 1 aliphatic heterocycles. The van der Waals surface area contributed by atoms with E-state index in [1.807, 2.05) is 4.90 Å². The Labute approximate surface area is 120 Å². The minimum atomic E-state index is -5.62. The lowest BCUT2D eigenvalue weighted by molar-refractivity contribution is -0.277. The highest BCUT2D eigenvalue weighted by molar-refractivity contribution is 9.09. The summed E-state index contributed by atoms with van der Waals surface area (Å²) in [6, 6.07) is 0. The first-order chi connectivity index (χ1) is 9.07. The fraction of sp³-hybridized carbons (Fsp3) is 0.900. The first-order valence-electron chi connectivity index (χ1n) is 5.78. The third kappa shape index (κ3) is 4.51. The molecular weight excluding hydrogens is 358 g/mol. The smallest absolute Gasteiger partial charge is 0.339 e. The van der Waals surface area contributed by atoms with Crippen LogP contribution in [-0.4, -0.2) is 66.1 Å². The number of halogens is 7. The quantitative estimate of drug-likeness (QED) is 0.562. The maximum atomic E-state index is 12.4. The Kier molecular flexibility index (Phi) is 5.70. The van der Waals surface area contributed by atoms with Gasteiger partial charge in [0.15, 0.2) is 0 Å². The number of hydrogen-bond donors (Lipinski definition) is 0. The lowest BCUT2D eigenvalue weighted by Crippen LogP contribution is -2.55. The van der Waals surface area contributed by atoms with Gasteiger partial charge in [-0.25, -0.2) is 0 Å². The summed E-state index contributed by atoms with van der Waals surface area (Å²) in [6.45, 7) is 0.895. The van der Waals surface area contributed by atoms with Crippen molar-refractivity contribution in [1.82, 2.24) is 9.80 Å². The molecule has 1 heterocycles. The number of alkyl halides is 7. The van der Waals surface area contributed by atoms with E-state index in [0.29, 0.717) is 16.8 Å². The summed E-state index contributed by atoms with van der Waals surface area (Å²) in [4.78, 5) is 14.0. The zero-order valence-electron chi connectivity index (χ0n) is 10.3. The van der Waals surface area contributed by atoms with Crippen LogP contribution in [0, 0.1) is 5.92 Å². The highest BCUT2D eigenvalue weighted by Crippen LogP contribution is 2.40. The van der Waals surface area contributed by atoms with Gasteiger partial charge in [0.2, 0.25) is 11.8 Å². The van der Waals surface area contributed by atoms with Crippen molar-refractivity contribution in [1.29, 1.82) is 0 Å². The molecule has 0 bridgehead atoms. The van der Waals surface area contributed by atoms with Gasteiger partial charge in [-0.3, -0.25) is 9.69 Å². The molecule has 1 rings (SSSR count). The van der Waals surface area contributed by atoms with E-state index in [1.54, 1.807) is 0 Å². The monoisotopic (exact) mass is 370 g/mol. The van der Waals surface area contributed by atoms with Crippen LogP contribution in [0.2, 0.25) is 0 Å². The number of rotatable bonds is 3. The third-order valence-corrected chi connectivity index (χ3v) is 3.34. The largest absolute Gasteiger partial charge is 0.409 e. The average molecular weight is 371 g/mol. The Morgan fingerprint density at radius 1 is 1.00 bits per heavy atom. The number of nitrogens with zero attached hydrogens (tertiary/aromatic N) is 2. The molecule has 0 unspecified atom stereocenters. The predicted octanol–water partition coefficient (Wildman–Crippen LogP) is 2.27. The molecule has 0 spiro atoms. The van der Waals surface area contributed by atoms with E-state index in [0.717, 1.165) is 0 Å². The van der Waals surface area contributed by atoms with Crippen molar-refractivity contribution in [2.75, 3.05) is 38.1 Å². The summed E-state index contributed by atoms with van der Waals surface area (Å²) in [6.07, 6.45) is -11.2. The first-order valence-corrected chi connectivity index (χ1v) is 6.90. The Balaban J connectivity index is 2.73. The second-order valence-corrected chi connectivity index (χ2v) is 5.17. The van der Waals surface area contributed by atoms with Crippen molar-refractivity contribution >= 4 is 21.8 Å². The third-order valence-electron chi connectivity index (χ3n) is 2.99. The molecule has 1 aliphatic rings. The number of piperazine rings is 1. The minimum absolute atomic E-state index is 0.130. The van der Waals surface area contributed by atoms with Crippen LogP contribution < -0.4 is 0 Å². The summed E-state index contributed by atoms with van der Waals surface area (Å²) in [5, 5.41) is 0.647. The van der Waals surface area contributed by atoms with Crippen LogP contribution >= 0.6 is 15.9 Å². The number of hydrogen-bond acceptors (Lipinski definition) is 2. The lowest BCUT2D eigenvalue weighted by Gasteiger charge is -2.36. The molecule has 1 fully saturated rings. The Hall–Kier alpha value is -0.510. The second kappa shape index (κ2) is 6.50. The minimum Gasteiger partial charge on any atom is -0.339 e. The molecule has 0 saturated carbocycles. The molecule has 1 amide bonds. The molecule has 20 heavy (non-hydrogen) atoms. The zero-order chi connectivity index (χ0) is 15.6. The lowest BCUT2D eigenvalue weighted by atomic mass is 10.1. The summed E-state index contributed by atoms with van der Waals surface area (Å²) < 4.78 is 74.6. The second-order valence-electron chi connectivity index (χ2n) is 4.37. The van der Waals surface area contributed by atoms with Gasteiger partial charge >= 0.3 is 12.4 Å². The Morgan fingerprint density at radius 2 is 1.45 bits per heavy atom. The summed E-state index contributed by atoms with van der Waals surface area (Å²) in [7, 11) is 0. The summed E-state index contributed by atoms with van der Waals surface area (Å²) in [5.74, 6) is -5.85. The normalized spacial score (nSPS) is 18.7. The molecule has 0 N–H and O–H groups in total. The topological polar surface area (TPSA) is 23.6 Å². The summed E-state index contributed by atoms with van der Waals surface area (Å²) >= 11 is 3.18. The van der Waals surface area contributed by atoms with Crippen LogP contribution in [0.25, 0.3) is 0 Å². The van der Waals surface area contributed by atoms with Crippen LogP contribution in [0.3, 0.4) is 0 Å². The average Bonchev–Trinajstić information content (AvgIpc) is 2.26. The fourth-order valence-corrected chi connectivity index (χ4v) is 2.46. The van der Waals surface area contributed by atoms with E-state index in [-0.39, 0.29) is 26.2 Å². The number of carbonyl (C=O) groups excluding carboxylic acids is 1. The Morgan fingerprint density at radius 3 is 1.80 bits per heavy atom. The molecule has 3 nitrogen and oxygen atoms in total. The van der Waals surface area contributed by atoms with Crippen molar-refractivity contribution in [3.05, 3.63) is 0 Å². The molecular formula is C10H13BrF6N2O. The van der Waals surface area contributed by atoms with E-state index in [9.17, 15) is 31.1 Å². The van der Waals surface area contributed by atoms with E-state index >= 15 is 0 Å². The molecule has 0 aliphatic carbocycles. The molecule has 10 heteroatoms. The predicted molar refractivity (Wildman–Crippen MR) is 62.4 cm³/mol. The van der Waals surface area contributed by atoms with Gasteiger partial charge in [-0.2, -0.15) is 26.3 Å². The molecule has 0 atom stereocenters. The van der Waals surface area contributed by atoms with Gasteiger partial charge in [-0.05, 0) is 0 Å². The van der Waals surface area contributed by atoms with Crippen LogP contribution in [0.4, 0.5) is 26.3 Å². The fourth-order valence-electron chi connectivity index (χ4n) is 1.96. The van der Waals surface area contributed by atoms with Crippen LogP contribution in [0.5, 0.6) is 0 Å². The van der Waals surface area contributed by atoms with Gasteiger partial charge < -0.3 is 4.90 Å². The van der Waals surface area contributed by atoms with Crippen molar-refractivity contribution in [2.45, 2.75) is 12.4 Å². The van der Waals surface area contributed by atoms with Gasteiger partial charge in [-0.15, -0.1) is 0 Å². The maximum Gasteiger partial charge on any atom is 0.409 e. The number of amides is 1. The van der Waals surface area contributed by atoms with E-state index < -0.39 is 24.2 Å². The molecule has 0 aromatic carbocycles. The van der Waals surface area contributed by atoms with Crippen molar-refractivity contribution in [3.8, 4) is 0 Å². The Bertz CT molecular complexity index is 324. The first kappa shape index (κ1) is 17.5. The SMILES string of the molecule is O=C(C(C(F)(F)F)C(F)(F)F)N1CCN(CCBr)CC1. The molecule has 0 aromatic rings. The highest BCUT2D eigenvalue weighted by Gasteiger charge is 2.62. The van der Waals surface area contributed by atoms with Crippen LogP contribution in [0.1, 0.15) is 0 Å². The molecule has 0 radical (unpaired) electrons. The van der Waals surface area contributed by atoms with Gasteiger partial charge in [0.1, 0.15) is 0 Å². The standard InChI is InChI=1S/C10H13BrF6N2O/c11-1-2-18-3-5-19(6-4-18)8(20)7(9(12,13)14)10(15,16)17/h7H,1-6H2. The number of carbonyl (C=O) groups is 1. The van der Waals surface area contributed by atoms with Gasteiger partial charge in [0.05, 0.1) is 0 Å². The highest BCUT2D eigenvalue weighted by atomic mass is 79.9. The van der Waals surface area contributed by atoms with E-state index in [1.165, 1.54) is 0 Å². The van der Waals surface area contributed by atoms with Gasteiger partial charge in [0.25, 0.3) is 0 Å². The van der Waals surface area contributed by atoms with Crippen LogP contribution in [0.15, 0.2) is 0 Å². The van der Waals surface area contributed by atoms with Crippen molar-refractivity contribution < 1.29 is 31.1 Å².